The number of hydrogen-bond donors (Lipinski definition) is 1. The molecule has 0 aromatic rings. The number of ether oxygens (including phenoxy) is 1. The second-order valence-electron chi connectivity index (χ2n) is 6.19. The molecule has 1 fully saturated rings. The van der Waals surface area contributed by atoms with Gasteiger partial charge in [-0.25, -0.2) is 0 Å². The number of nitrogens with two attached hydrogens (primary N) is 1. The number of rotatable bonds is 4. The van der Waals surface area contributed by atoms with Gasteiger partial charge in [-0.05, 0) is 46.6 Å². The number of likely N-dealkylation sites (N-methyl/N-ethyl adjacent to an activating group) is 1. The Morgan fingerprint density at radius 3 is 2.06 bits per heavy atom. The summed E-state index contributed by atoms with van der Waals surface area (Å²) in [6.45, 7) is 11.9. The smallest absolute Gasteiger partial charge is 0.0568 e. The SMILES string of the molecule is CC1CC(CN)(N(C)C(C)C(C)C)CC(C)O1. The molecule has 1 aliphatic rings. The van der Waals surface area contributed by atoms with Gasteiger partial charge in [0.25, 0.3) is 0 Å². The van der Waals surface area contributed by atoms with Crippen LogP contribution in [0.2, 0.25) is 0 Å². The van der Waals surface area contributed by atoms with Crippen molar-refractivity contribution >= 4 is 0 Å². The molecule has 2 N–H and O–H groups in total. The Morgan fingerprint density at radius 1 is 1.24 bits per heavy atom. The van der Waals surface area contributed by atoms with Gasteiger partial charge < -0.3 is 10.5 Å². The van der Waals surface area contributed by atoms with Crippen molar-refractivity contribution in [3.8, 4) is 0 Å². The summed E-state index contributed by atoms with van der Waals surface area (Å²) in [6, 6.07) is 0.552. The lowest BCUT2D eigenvalue weighted by Crippen LogP contribution is -2.61. The zero-order chi connectivity index (χ0) is 13.2. The average Bonchev–Trinajstić information content (AvgIpc) is 2.25. The monoisotopic (exact) mass is 242 g/mol. The maximum absolute atomic E-state index is 6.10. The predicted molar refractivity (Wildman–Crippen MR) is 73.1 cm³/mol. The third kappa shape index (κ3) is 3.21. The van der Waals surface area contributed by atoms with E-state index in [4.69, 9.17) is 10.5 Å². The molecule has 0 saturated carbocycles. The van der Waals surface area contributed by atoms with Gasteiger partial charge in [0.2, 0.25) is 0 Å². The Morgan fingerprint density at radius 2 is 1.71 bits per heavy atom. The maximum atomic E-state index is 6.10. The van der Waals surface area contributed by atoms with Crippen molar-refractivity contribution in [3.05, 3.63) is 0 Å². The quantitative estimate of drug-likeness (QED) is 0.822. The zero-order valence-corrected chi connectivity index (χ0v) is 12.4. The second-order valence-corrected chi connectivity index (χ2v) is 6.19. The molecular formula is C14H30N2O. The molecule has 17 heavy (non-hydrogen) atoms. The first-order valence-corrected chi connectivity index (χ1v) is 6.91. The summed E-state index contributed by atoms with van der Waals surface area (Å²) in [5.74, 6) is 0.650. The van der Waals surface area contributed by atoms with E-state index in [0.717, 1.165) is 19.4 Å². The lowest BCUT2D eigenvalue weighted by atomic mass is 9.81. The van der Waals surface area contributed by atoms with E-state index in [1.54, 1.807) is 0 Å². The molecule has 0 bridgehead atoms. The molecule has 0 aromatic heterocycles. The van der Waals surface area contributed by atoms with E-state index in [2.05, 4.69) is 46.6 Å². The van der Waals surface area contributed by atoms with E-state index >= 15 is 0 Å². The van der Waals surface area contributed by atoms with Crippen LogP contribution in [0.1, 0.15) is 47.5 Å². The molecule has 0 aliphatic carbocycles. The molecule has 1 saturated heterocycles. The molecule has 3 atom stereocenters. The molecular weight excluding hydrogens is 212 g/mol. The van der Waals surface area contributed by atoms with Gasteiger partial charge in [0.15, 0.2) is 0 Å². The fraction of sp³-hybridized carbons (Fsp3) is 1.00. The van der Waals surface area contributed by atoms with Crippen LogP contribution in [0.3, 0.4) is 0 Å². The summed E-state index contributed by atoms with van der Waals surface area (Å²) in [5, 5.41) is 0. The molecule has 3 unspecified atom stereocenters. The topological polar surface area (TPSA) is 38.5 Å². The highest BCUT2D eigenvalue weighted by molar-refractivity contribution is 4.98. The summed E-state index contributed by atoms with van der Waals surface area (Å²) in [5.41, 5.74) is 6.22. The summed E-state index contributed by atoms with van der Waals surface area (Å²) in [4.78, 5) is 2.49. The van der Waals surface area contributed by atoms with Crippen LogP contribution in [0.4, 0.5) is 0 Å². The first kappa shape index (κ1) is 14.9. The summed E-state index contributed by atoms with van der Waals surface area (Å²) in [6.07, 6.45) is 2.70. The van der Waals surface area contributed by atoms with Crippen LogP contribution in [-0.4, -0.2) is 42.3 Å². The fourth-order valence-electron chi connectivity index (χ4n) is 3.12. The van der Waals surface area contributed by atoms with Crippen LogP contribution in [0.25, 0.3) is 0 Å². The van der Waals surface area contributed by atoms with Crippen molar-refractivity contribution in [1.82, 2.24) is 4.90 Å². The van der Waals surface area contributed by atoms with Crippen molar-refractivity contribution in [2.75, 3.05) is 13.6 Å². The van der Waals surface area contributed by atoms with Crippen LogP contribution < -0.4 is 5.73 Å². The predicted octanol–water partition coefficient (Wildman–Crippen LogP) is 2.25. The van der Waals surface area contributed by atoms with Gasteiger partial charge in [-0.15, -0.1) is 0 Å². The molecule has 102 valence electrons. The second kappa shape index (κ2) is 5.68. The van der Waals surface area contributed by atoms with Crippen molar-refractivity contribution < 1.29 is 4.74 Å². The zero-order valence-electron chi connectivity index (χ0n) is 12.4. The molecule has 1 heterocycles. The minimum atomic E-state index is 0.112. The average molecular weight is 242 g/mol. The Labute approximate surface area is 107 Å². The summed E-state index contributed by atoms with van der Waals surface area (Å²) in [7, 11) is 2.22. The Balaban J connectivity index is 2.86. The van der Waals surface area contributed by atoms with Crippen LogP contribution in [0.15, 0.2) is 0 Å². The number of hydrogen-bond acceptors (Lipinski definition) is 3. The lowest BCUT2D eigenvalue weighted by molar-refractivity contribution is -0.108. The first-order chi connectivity index (χ1) is 7.82. The molecule has 0 aromatic carbocycles. The van der Waals surface area contributed by atoms with Crippen LogP contribution in [0.5, 0.6) is 0 Å². The van der Waals surface area contributed by atoms with Gasteiger partial charge in [0, 0.05) is 18.1 Å². The molecule has 0 amide bonds. The van der Waals surface area contributed by atoms with Gasteiger partial charge in [-0.2, -0.15) is 0 Å². The van der Waals surface area contributed by atoms with Gasteiger partial charge in [-0.3, -0.25) is 4.90 Å². The largest absolute Gasteiger partial charge is 0.375 e. The van der Waals surface area contributed by atoms with Crippen molar-refractivity contribution in [1.29, 1.82) is 0 Å². The van der Waals surface area contributed by atoms with Gasteiger partial charge in [0.05, 0.1) is 12.2 Å². The summed E-state index contributed by atoms with van der Waals surface area (Å²) >= 11 is 0. The van der Waals surface area contributed by atoms with E-state index in [-0.39, 0.29) is 5.54 Å². The third-order valence-electron chi connectivity index (χ3n) is 4.50. The molecule has 0 radical (unpaired) electrons. The van der Waals surface area contributed by atoms with Crippen molar-refractivity contribution in [3.63, 3.8) is 0 Å². The van der Waals surface area contributed by atoms with E-state index in [0.29, 0.717) is 24.2 Å². The minimum Gasteiger partial charge on any atom is -0.375 e. The Bertz CT molecular complexity index is 232. The van der Waals surface area contributed by atoms with Gasteiger partial charge in [-0.1, -0.05) is 13.8 Å². The van der Waals surface area contributed by atoms with Gasteiger partial charge >= 0.3 is 0 Å². The lowest BCUT2D eigenvalue weighted by Gasteiger charge is -2.51. The maximum Gasteiger partial charge on any atom is 0.0568 e. The first-order valence-electron chi connectivity index (χ1n) is 6.91. The van der Waals surface area contributed by atoms with E-state index in [9.17, 15) is 0 Å². The Kier molecular flexibility index (Phi) is 4.99. The Hall–Kier alpha value is -0.120. The highest BCUT2D eigenvalue weighted by Crippen LogP contribution is 2.34. The number of nitrogens with zero attached hydrogens (tertiary/aromatic N) is 1. The normalized spacial score (nSPS) is 36.5. The molecule has 0 spiro atoms. The minimum absolute atomic E-state index is 0.112. The fourth-order valence-corrected chi connectivity index (χ4v) is 3.12. The van der Waals surface area contributed by atoms with E-state index in [1.807, 2.05) is 0 Å². The van der Waals surface area contributed by atoms with Gasteiger partial charge in [0.1, 0.15) is 0 Å². The van der Waals surface area contributed by atoms with Crippen molar-refractivity contribution in [2.24, 2.45) is 11.7 Å². The van der Waals surface area contributed by atoms with Crippen LogP contribution >= 0.6 is 0 Å². The van der Waals surface area contributed by atoms with Crippen LogP contribution in [-0.2, 0) is 4.74 Å². The van der Waals surface area contributed by atoms with Crippen LogP contribution in [0, 0.1) is 5.92 Å². The molecule has 3 nitrogen and oxygen atoms in total. The molecule has 1 aliphatic heterocycles. The highest BCUT2D eigenvalue weighted by Gasteiger charge is 2.42. The third-order valence-corrected chi connectivity index (χ3v) is 4.50. The summed E-state index contributed by atoms with van der Waals surface area (Å²) < 4.78 is 5.85. The van der Waals surface area contributed by atoms with E-state index in [1.165, 1.54) is 0 Å². The highest BCUT2D eigenvalue weighted by atomic mass is 16.5. The standard InChI is InChI=1S/C14H30N2O/c1-10(2)13(5)16(6)14(9-15)7-11(3)17-12(4)8-14/h10-13H,7-9,15H2,1-6H3. The van der Waals surface area contributed by atoms with E-state index < -0.39 is 0 Å². The molecule has 3 heteroatoms. The van der Waals surface area contributed by atoms with Crippen molar-refractivity contribution in [2.45, 2.75) is 71.2 Å². The molecule has 1 rings (SSSR count).